The Kier molecular flexibility index (Phi) is 2.60. The summed E-state index contributed by atoms with van der Waals surface area (Å²) in [5.41, 5.74) is 1.47. The van der Waals surface area contributed by atoms with Crippen molar-refractivity contribution in [3.8, 4) is 0 Å². The van der Waals surface area contributed by atoms with Gasteiger partial charge in [0.2, 0.25) is 0 Å². The second-order valence-electron chi connectivity index (χ2n) is 4.25. The first-order chi connectivity index (χ1) is 6.68. The van der Waals surface area contributed by atoms with Gasteiger partial charge < -0.3 is 0 Å². The Bertz CT molecular complexity index is 425. The minimum Gasteiger partial charge on any atom is -0.144 e. The zero-order chi connectivity index (χ0) is 10.1. The van der Waals surface area contributed by atoms with E-state index in [1.54, 1.807) is 0 Å². The van der Waals surface area contributed by atoms with Gasteiger partial charge in [-0.1, -0.05) is 32.9 Å². The fraction of sp³-hybridized carbons (Fsp3) is 0.385. The van der Waals surface area contributed by atoms with Gasteiger partial charge in [0.05, 0.1) is 0 Å². The molecule has 0 bridgehead atoms. The number of hydrogen-bond acceptors (Lipinski definition) is 1. The lowest BCUT2D eigenvalue weighted by Gasteiger charge is -2.15. The standard InChI is InChI=1S/C13H16S/c1-9(2)10(3)12-5-4-11-6-7-14-13(11)8-12/h4-10H,1-3H3. The van der Waals surface area contributed by atoms with E-state index in [0.717, 1.165) is 0 Å². The fourth-order valence-electron chi connectivity index (χ4n) is 1.64. The second kappa shape index (κ2) is 3.74. The Balaban J connectivity index is 2.43. The van der Waals surface area contributed by atoms with Gasteiger partial charge >= 0.3 is 0 Å². The molecule has 2 aromatic rings. The summed E-state index contributed by atoms with van der Waals surface area (Å²) in [5, 5.41) is 3.53. The average Bonchev–Trinajstić information content (AvgIpc) is 2.62. The quantitative estimate of drug-likeness (QED) is 0.667. The molecule has 0 saturated heterocycles. The molecule has 1 atom stereocenters. The van der Waals surface area contributed by atoms with Crippen molar-refractivity contribution >= 4 is 21.4 Å². The summed E-state index contributed by atoms with van der Waals surface area (Å²) in [6.45, 7) is 6.87. The summed E-state index contributed by atoms with van der Waals surface area (Å²) in [7, 11) is 0. The van der Waals surface area contributed by atoms with E-state index in [2.05, 4.69) is 50.4 Å². The van der Waals surface area contributed by atoms with Crippen LogP contribution in [0.4, 0.5) is 0 Å². The van der Waals surface area contributed by atoms with E-state index < -0.39 is 0 Å². The van der Waals surface area contributed by atoms with E-state index in [4.69, 9.17) is 0 Å². The number of thiophene rings is 1. The highest BCUT2D eigenvalue weighted by Gasteiger charge is 2.10. The lowest BCUT2D eigenvalue weighted by molar-refractivity contribution is 0.535. The van der Waals surface area contributed by atoms with Crippen LogP contribution in [0.3, 0.4) is 0 Å². The number of rotatable bonds is 2. The largest absolute Gasteiger partial charge is 0.144 e. The van der Waals surface area contributed by atoms with Crippen molar-refractivity contribution in [2.45, 2.75) is 26.7 Å². The Morgan fingerprint density at radius 1 is 1.07 bits per heavy atom. The molecule has 0 fully saturated rings. The zero-order valence-corrected chi connectivity index (χ0v) is 9.77. The highest BCUT2D eigenvalue weighted by atomic mass is 32.1. The first-order valence-corrected chi connectivity index (χ1v) is 6.03. The first-order valence-electron chi connectivity index (χ1n) is 5.15. The maximum atomic E-state index is 2.34. The minimum absolute atomic E-state index is 0.654. The van der Waals surface area contributed by atoms with Crippen LogP contribution in [0.1, 0.15) is 32.3 Å². The van der Waals surface area contributed by atoms with Gasteiger partial charge in [-0.15, -0.1) is 11.3 Å². The van der Waals surface area contributed by atoms with Gasteiger partial charge in [-0.25, -0.2) is 0 Å². The summed E-state index contributed by atoms with van der Waals surface area (Å²) in [6.07, 6.45) is 0. The molecule has 0 nitrogen and oxygen atoms in total. The average molecular weight is 204 g/mol. The molecule has 2 rings (SSSR count). The van der Waals surface area contributed by atoms with Crippen LogP contribution in [0.25, 0.3) is 10.1 Å². The SMILES string of the molecule is CC(C)C(C)c1ccc2ccsc2c1. The molecule has 1 unspecified atom stereocenters. The molecule has 0 aliphatic rings. The molecule has 0 N–H and O–H groups in total. The maximum absolute atomic E-state index is 2.34. The predicted molar refractivity (Wildman–Crippen MR) is 65.1 cm³/mol. The third kappa shape index (κ3) is 1.69. The molecular weight excluding hydrogens is 188 g/mol. The molecule has 1 heteroatoms. The number of fused-ring (bicyclic) bond motifs is 1. The van der Waals surface area contributed by atoms with Gasteiger partial charge in [-0.3, -0.25) is 0 Å². The Hall–Kier alpha value is -0.820. The summed E-state index contributed by atoms with van der Waals surface area (Å²) in [6, 6.07) is 9.02. The Labute approximate surface area is 89.6 Å². The monoisotopic (exact) mass is 204 g/mol. The molecule has 0 aliphatic heterocycles. The molecule has 14 heavy (non-hydrogen) atoms. The lowest BCUT2D eigenvalue weighted by Crippen LogP contribution is -2.01. The van der Waals surface area contributed by atoms with E-state index >= 15 is 0 Å². The molecule has 0 spiro atoms. The zero-order valence-electron chi connectivity index (χ0n) is 8.95. The molecule has 0 radical (unpaired) electrons. The van der Waals surface area contributed by atoms with Crippen LogP contribution < -0.4 is 0 Å². The van der Waals surface area contributed by atoms with Crippen LogP contribution in [0, 0.1) is 5.92 Å². The summed E-state index contributed by atoms with van der Waals surface area (Å²) in [5.74, 6) is 1.37. The third-order valence-electron chi connectivity index (χ3n) is 3.01. The first kappa shape index (κ1) is 9.72. The highest BCUT2D eigenvalue weighted by molar-refractivity contribution is 7.17. The van der Waals surface area contributed by atoms with Gasteiger partial charge in [-0.2, -0.15) is 0 Å². The van der Waals surface area contributed by atoms with Crippen LogP contribution >= 0.6 is 11.3 Å². The second-order valence-corrected chi connectivity index (χ2v) is 5.20. The van der Waals surface area contributed by atoms with E-state index in [-0.39, 0.29) is 0 Å². The molecular formula is C13H16S. The maximum Gasteiger partial charge on any atom is 0.0345 e. The van der Waals surface area contributed by atoms with Gasteiger partial charge in [-0.05, 0) is 40.3 Å². The van der Waals surface area contributed by atoms with Gasteiger partial charge in [0.1, 0.15) is 0 Å². The molecule has 1 aromatic carbocycles. The smallest absolute Gasteiger partial charge is 0.0345 e. The Morgan fingerprint density at radius 3 is 2.57 bits per heavy atom. The van der Waals surface area contributed by atoms with Crippen molar-refractivity contribution in [2.75, 3.05) is 0 Å². The van der Waals surface area contributed by atoms with Crippen LogP contribution in [0.15, 0.2) is 29.6 Å². The summed E-state index contributed by atoms with van der Waals surface area (Å²) in [4.78, 5) is 0. The minimum atomic E-state index is 0.654. The molecule has 1 aromatic heterocycles. The number of hydrogen-bond donors (Lipinski definition) is 0. The van der Waals surface area contributed by atoms with Crippen molar-refractivity contribution in [3.63, 3.8) is 0 Å². The Morgan fingerprint density at radius 2 is 1.86 bits per heavy atom. The fourth-order valence-corrected chi connectivity index (χ4v) is 2.48. The molecule has 74 valence electrons. The molecule has 1 heterocycles. The molecule has 0 saturated carbocycles. The highest BCUT2D eigenvalue weighted by Crippen LogP contribution is 2.28. The van der Waals surface area contributed by atoms with Crippen molar-refractivity contribution in [1.29, 1.82) is 0 Å². The van der Waals surface area contributed by atoms with Crippen LogP contribution in [-0.4, -0.2) is 0 Å². The van der Waals surface area contributed by atoms with Crippen LogP contribution in [-0.2, 0) is 0 Å². The van der Waals surface area contributed by atoms with Crippen molar-refractivity contribution in [1.82, 2.24) is 0 Å². The molecule has 0 amide bonds. The normalized spacial score (nSPS) is 13.7. The van der Waals surface area contributed by atoms with E-state index in [1.807, 2.05) is 11.3 Å². The summed E-state index contributed by atoms with van der Waals surface area (Å²) >= 11 is 1.83. The van der Waals surface area contributed by atoms with Crippen LogP contribution in [0.5, 0.6) is 0 Å². The van der Waals surface area contributed by atoms with E-state index in [1.165, 1.54) is 15.6 Å². The van der Waals surface area contributed by atoms with E-state index in [9.17, 15) is 0 Å². The topological polar surface area (TPSA) is 0 Å². The van der Waals surface area contributed by atoms with Gasteiger partial charge in [0.25, 0.3) is 0 Å². The lowest BCUT2D eigenvalue weighted by atomic mass is 9.90. The van der Waals surface area contributed by atoms with Crippen molar-refractivity contribution in [2.24, 2.45) is 5.92 Å². The predicted octanol–water partition coefficient (Wildman–Crippen LogP) is 4.66. The van der Waals surface area contributed by atoms with Gasteiger partial charge in [0, 0.05) is 4.70 Å². The van der Waals surface area contributed by atoms with Crippen LogP contribution in [0.2, 0.25) is 0 Å². The van der Waals surface area contributed by atoms with E-state index in [0.29, 0.717) is 11.8 Å². The number of benzene rings is 1. The summed E-state index contributed by atoms with van der Waals surface area (Å²) < 4.78 is 1.41. The van der Waals surface area contributed by atoms with Gasteiger partial charge in [0.15, 0.2) is 0 Å². The third-order valence-corrected chi connectivity index (χ3v) is 3.89. The molecule has 0 aliphatic carbocycles. The van der Waals surface area contributed by atoms with Crippen molar-refractivity contribution < 1.29 is 0 Å². The van der Waals surface area contributed by atoms with Crippen molar-refractivity contribution in [3.05, 3.63) is 35.2 Å².